The third kappa shape index (κ3) is 31.6. The SMILES string of the molecule is C1COCCOCCOCCOCCOCCO1.C1COCCOCCOCCOCCOCCO1.O. The summed E-state index contributed by atoms with van der Waals surface area (Å²) in [4.78, 5) is 0. The molecule has 0 bridgehead atoms. The molecule has 0 spiro atoms. The third-order valence-electron chi connectivity index (χ3n) is 4.46. The van der Waals surface area contributed by atoms with Gasteiger partial charge in [-0.15, -0.1) is 0 Å². The molecule has 2 aliphatic rings. The average molecular weight is 547 g/mol. The van der Waals surface area contributed by atoms with Gasteiger partial charge in [-0.2, -0.15) is 0 Å². The molecule has 0 radical (unpaired) electrons. The van der Waals surface area contributed by atoms with Gasteiger partial charge in [0.05, 0.1) is 159 Å². The molecule has 2 rings (SSSR count). The second-order valence-electron chi connectivity index (χ2n) is 7.35. The first-order chi connectivity index (χ1) is 18.0. The van der Waals surface area contributed by atoms with E-state index in [-0.39, 0.29) is 5.48 Å². The fraction of sp³-hybridized carbons (Fsp3) is 1.00. The quantitative estimate of drug-likeness (QED) is 0.382. The highest BCUT2D eigenvalue weighted by atomic mass is 16.6. The molecule has 0 aromatic rings. The highest BCUT2D eigenvalue weighted by Gasteiger charge is 1.97. The summed E-state index contributed by atoms with van der Waals surface area (Å²) in [7, 11) is 0. The van der Waals surface area contributed by atoms with Crippen LogP contribution in [0, 0.1) is 0 Å². The summed E-state index contributed by atoms with van der Waals surface area (Å²) in [6, 6.07) is 0. The average Bonchev–Trinajstić information content (AvgIpc) is 2.89. The first kappa shape index (κ1) is 36.5. The number of rotatable bonds is 0. The lowest BCUT2D eigenvalue weighted by atomic mass is 10.6. The van der Waals surface area contributed by atoms with E-state index in [0.29, 0.717) is 159 Å². The molecule has 37 heavy (non-hydrogen) atoms. The van der Waals surface area contributed by atoms with Crippen molar-refractivity contribution in [2.45, 2.75) is 0 Å². The number of hydrogen-bond donors (Lipinski definition) is 0. The van der Waals surface area contributed by atoms with Crippen molar-refractivity contribution < 1.29 is 62.3 Å². The van der Waals surface area contributed by atoms with Crippen LogP contribution in [0.2, 0.25) is 0 Å². The summed E-state index contributed by atoms with van der Waals surface area (Å²) in [6.45, 7) is 14.1. The van der Waals surface area contributed by atoms with Crippen LogP contribution in [0.4, 0.5) is 0 Å². The summed E-state index contributed by atoms with van der Waals surface area (Å²) < 4.78 is 63.9. The van der Waals surface area contributed by atoms with E-state index in [0.717, 1.165) is 0 Å². The molecule has 0 amide bonds. The van der Waals surface area contributed by atoms with Crippen LogP contribution >= 0.6 is 0 Å². The monoisotopic (exact) mass is 546 g/mol. The van der Waals surface area contributed by atoms with E-state index >= 15 is 0 Å². The zero-order valence-corrected chi connectivity index (χ0v) is 22.4. The van der Waals surface area contributed by atoms with Gasteiger partial charge in [0.1, 0.15) is 0 Å². The van der Waals surface area contributed by atoms with Crippen LogP contribution in [-0.4, -0.2) is 164 Å². The zero-order valence-electron chi connectivity index (χ0n) is 22.4. The van der Waals surface area contributed by atoms with E-state index < -0.39 is 0 Å². The molecule has 224 valence electrons. The summed E-state index contributed by atoms with van der Waals surface area (Å²) in [5.41, 5.74) is 0. The van der Waals surface area contributed by atoms with Crippen LogP contribution in [0.5, 0.6) is 0 Å². The fourth-order valence-electron chi connectivity index (χ4n) is 2.64. The number of ether oxygens (including phenoxy) is 12. The van der Waals surface area contributed by atoms with Gasteiger partial charge in [-0.3, -0.25) is 0 Å². The lowest BCUT2D eigenvalue weighted by Crippen LogP contribution is -2.16. The maximum Gasteiger partial charge on any atom is 0.0701 e. The summed E-state index contributed by atoms with van der Waals surface area (Å²) >= 11 is 0. The molecule has 2 aliphatic heterocycles. The van der Waals surface area contributed by atoms with Crippen LogP contribution in [-0.2, 0) is 56.8 Å². The van der Waals surface area contributed by atoms with Crippen LogP contribution < -0.4 is 0 Å². The first-order valence-corrected chi connectivity index (χ1v) is 12.9. The van der Waals surface area contributed by atoms with Gasteiger partial charge in [-0.1, -0.05) is 0 Å². The Labute approximate surface area is 221 Å². The molecule has 2 fully saturated rings. The van der Waals surface area contributed by atoms with Gasteiger partial charge >= 0.3 is 0 Å². The first-order valence-electron chi connectivity index (χ1n) is 12.9. The summed E-state index contributed by atoms with van der Waals surface area (Å²) in [5.74, 6) is 0. The molecular formula is C24H50O13. The minimum Gasteiger partial charge on any atom is -0.412 e. The molecule has 0 unspecified atom stereocenters. The van der Waals surface area contributed by atoms with Crippen LogP contribution in [0.3, 0.4) is 0 Å². The van der Waals surface area contributed by atoms with Crippen LogP contribution in [0.25, 0.3) is 0 Å². The van der Waals surface area contributed by atoms with Crippen LogP contribution in [0.15, 0.2) is 0 Å². The second-order valence-corrected chi connectivity index (χ2v) is 7.35. The van der Waals surface area contributed by atoms with E-state index in [1.54, 1.807) is 0 Å². The van der Waals surface area contributed by atoms with Gasteiger partial charge in [0, 0.05) is 0 Å². The molecule has 0 aromatic carbocycles. The molecule has 2 N–H and O–H groups in total. The van der Waals surface area contributed by atoms with Crippen molar-refractivity contribution in [2.75, 3.05) is 159 Å². The molecule has 0 aliphatic carbocycles. The molecule has 0 aromatic heterocycles. The van der Waals surface area contributed by atoms with Gasteiger partial charge in [0.2, 0.25) is 0 Å². The van der Waals surface area contributed by atoms with Crippen molar-refractivity contribution in [1.82, 2.24) is 0 Å². The van der Waals surface area contributed by atoms with Crippen LogP contribution in [0.1, 0.15) is 0 Å². The van der Waals surface area contributed by atoms with Gasteiger partial charge in [-0.05, 0) is 0 Å². The Kier molecular flexibility index (Phi) is 33.0. The van der Waals surface area contributed by atoms with E-state index in [2.05, 4.69) is 0 Å². The standard InChI is InChI=1S/2C12H24O6.H2O/c2*1-2-14-5-6-16-9-10-18-12-11-17-8-7-15-4-3-13-1;/h2*1-12H2;1H2. The van der Waals surface area contributed by atoms with E-state index in [1.165, 1.54) is 0 Å². The molecule has 0 saturated carbocycles. The van der Waals surface area contributed by atoms with Crippen molar-refractivity contribution >= 4 is 0 Å². The molecule has 2 heterocycles. The topological polar surface area (TPSA) is 142 Å². The minimum atomic E-state index is 0. The van der Waals surface area contributed by atoms with Gasteiger partial charge in [-0.25, -0.2) is 0 Å². The molecule has 13 nitrogen and oxygen atoms in total. The molecule has 0 atom stereocenters. The molecule has 13 heteroatoms. The van der Waals surface area contributed by atoms with Crippen molar-refractivity contribution in [1.29, 1.82) is 0 Å². The van der Waals surface area contributed by atoms with Gasteiger partial charge in [0.15, 0.2) is 0 Å². The highest BCUT2D eigenvalue weighted by molar-refractivity contribution is 4.39. The smallest absolute Gasteiger partial charge is 0.0701 e. The van der Waals surface area contributed by atoms with E-state index in [1.807, 2.05) is 0 Å². The van der Waals surface area contributed by atoms with Crippen molar-refractivity contribution in [2.24, 2.45) is 0 Å². The van der Waals surface area contributed by atoms with Gasteiger partial charge in [0.25, 0.3) is 0 Å². The van der Waals surface area contributed by atoms with Crippen molar-refractivity contribution in [3.63, 3.8) is 0 Å². The number of hydrogen-bond acceptors (Lipinski definition) is 12. The Balaban J connectivity index is 0.000000682. The van der Waals surface area contributed by atoms with Crippen molar-refractivity contribution in [3.8, 4) is 0 Å². The lowest BCUT2D eigenvalue weighted by molar-refractivity contribution is -0.0334. The maximum absolute atomic E-state index is 5.33. The highest BCUT2D eigenvalue weighted by Crippen LogP contribution is 1.88. The molecular weight excluding hydrogens is 496 g/mol. The minimum absolute atomic E-state index is 0. The maximum atomic E-state index is 5.33. The Hall–Kier alpha value is -0.520. The summed E-state index contributed by atoms with van der Waals surface area (Å²) in [6.07, 6.45) is 0. The zero-order chi connectivity index (χ0) is 25.5. The Morgan fingerprint density at radius 3 is 0.243 bits per heavy atom. The lowest BCUT2D eigenvalue weighted by Gasteiger charge is -2.09. The van der Waals surface area contributed by atoms with Gasteiger partial charge < -0.3 is 62.3 Å². The predicted molar refractivity (Wildman–Crippen MR) is 133 cm³/mol. The molecule has 2 saturated heterocycles. The van der Waals surface area contributed by atoms with E-state index in [4.69, 9.17) is 56.8 Å². The van der Waals surface area contributed by atoms with Crippen molar-refractivity contribution in [3.05, 3.63) is 0 Å². The second kappa shape index (κ2) is 33.5. The normalized spacial score (nSPS) is 23.4. The largest absolute Gasteiger partial charge is 0.412 e. The third-order valence-corrected chi connectivity index (χ3v) is 4.46. The fourth-order valence-corrected chi connectivity index (χ4v) is 2.64. The Bertz CT molecular complexity index is 221. The Morgan fingerprint density at radius 2 is 0.189 bits per heavy atom. The summed E-state index contributed by atoms with van der Waals surface area (Å²) in [5, 5.41) is 0. The predicted octanol–water partition coefficient (Wildman–Crippen LogP) is -0.625. The Morgan fingerprint density at radius 1 is 0.135 bits per heavy atom. The van der Waals surface area contributed by atoms with E-state index in [9.17, 15) is 0 Å².